The molecule has 0 bridgehead atoms. The maximum absolute atomic E-state index is 9.54. The molecule has 3 nitrogen and oxygen atoms in total. The van der Waals surface area contributed by atoms with Gasteiger partial charge in [-0.1, -0.05) is 13.0 Å². The molecule has 1 fully saturated rings. The summed E-state index contributed by atoms with van der Waals surface area (Å²) in [6.07, 6.45) is 4.30. The summed E-state index contributed by atoms with van der Waals surface area (Å²) in [7, 11) is 2.19. The van der Waals surface area contributed by atoms with Gasteiger partial charge in [0.15, 0.2) is 0 Å². The van der Waals surface area contributed by atoms with E-state index >= 15 is 0 Å². The van der Waals surface area contributed by atoms with E-state index in [1.165, 1.54) is 0 Å². The standard InChI is InChI=1S/C16H23N3S/c1-4-13-12-18(2)9-6-10-19(13)15-7-5-8-16(20-3)14(15)11-17/h5,7-8,13H,4,6,9-10,12H2,1-3H3. The number of hydrogen-bond donors (Lipinski definition) is 0. The molecule has 1 heterocycles. The van der Waals surface area contributed by atoms with Gasteiger partial charge in [0.25, 0.3) is 0 Å². The molecule has 20 heavy (non-hydrogen) atoms. The van der Waals surface area contributed by atoms with Crippen LogP contribution >= 0.6 is 11.8 Å². The van der Waals surface area contributed by atoms with Gasteiger partial charge in [0.05, 0.1) is 11.3 Å². The lowest BCUT2D eigenvalue weighted by molar-refractivity contribution is 0.328. The summed E-state index contributed by atoms with van der Waals surface area (Å²) >= 11 is 1.65. The molecule has 0 aromatic heterocycles. The quantitative estimate of drug-likeness (QED) is 0.799. The average Bonchev–Trinajstić information content (AvgIpc) is 2.67. The van der Waals surface area contributed by atoms with E-state index in [2.05, 4.69) is 42.0 Å². The minimum Gasteiger partial charge on any atom is -0.366 e. The number of hydrogen-bond acceptors (Lipinski definition) is 4. The number of anilines is 1. The first-order valence-corrected chi connectivity index (χ1v) is 8.46. The minimum atomic E-state index is 0.492. The molecule has 108 valence electrons. The van der Waals surface area contributed by atoms with E-state index in [0.717, 1.165) is 48.6 Å². The third kappa shape index (κ3) is 3.11. The van der Waals surface area contributed by atoms with E-state index < -0.39 is 0 Å². The molecule has 0 spiro atoms. The van der Waals surface area contributed by atoms with Crippen molar-refractivity contribution in [2.24, 2.45) is 0 Å². The highest BCUT2D eigenvalue weighted by Crippen LogP contribution is 2.31. The van der Waals surface area contributed by atoms with Crippen molar-refractivity contribution in [3.8, 4) is 6.07 Å². The van der Waals surface area contributed by atoms with Gasteiger partial charge >= 0.3 is 0 Å². The van der Waals surface area contributed by atoms with Crippen LogP contribution in [0.3, 0.4) is 0 Å². The second-order valence-corrected chi connectivity index (χ2v) is 6.19. The first kappa shape index (κ1) is 15.2. The van der Waals surface area contributed by atoms with E-state index in [4.69, 9.17) is 0 Å². The van der Waals surface area contributed by atoms with E-state index in [-0.39, 0.29) is 0 Å². The SMILES string of the molecule is CCC1CN(C)CCCN1c1cccc(SC)c1C#N. The Labute approximate surface area is 126 Å². The predicted octanol–water partition coefficient (Wildman–Crippen LogP) is 3.20. The van der Waals surface area contributed by atoms with Crippen molar-refractivity contribution >= 4 is 17.4 Å². The monoisotopic (exact) mass is 289 g/mol. The number of thioether (sulfide) groups is 1. The number of nitrogens with zero attached hydrogens (tertiary/aromatic N) is 3. The molecule has 1 unspecified atom stereocenters. The molecule has 1 aliphatic rings. The Bertz CT molecular complexity index is 495. The number of benzene rings is 1. The van der Waals surface area contributed by atoms with Crippen LogP contribution < -0.4 is 4.90 Å². The summed E-state index contributed by atoms with van der Waals surface area (Å²) in [5, 5.41) is 9.54. The molecule has 2 rings (SSSR count). The summed E-state index contributed by atoms with van der Waals surface area (Å²) in [6, 6.07) is 9.12. The van der Waals surface area contributed by atoms with Crippen molar-refractivity contribution in [2.75, 3.05) is 37.8 Å². The van der Waals surface area contributed by atoms with Crippen molar-refractivity contribution < 1.29 is 0 Å². The summed E-state index contributed by atoms with van der Waals surface area (Å²) < 4.78 is 0. The lowest BCUT2D eigenvalue weighted by atomic mass is 10.1. The van der Waals surface area contributed by atoms with Crippen molar-refractivity contribution in [3.05, 3.63) is 23.8 Å². The molecule has 1 atom stereocenters. The van der Waals surface area contributed by atoms with Crippen LogP contribution in [0.5, 0.6) is 0 Å². The fourth-order valence-electron chi connectivity index (χ4n) is 2.95. The molecule has 0 amide bonds. The molecular formula is C16H23N3S. The maximum Gasteiger partial charge on any atom is 0.103 e. The topological polar surface area (TPSA) is 30.3 Å². The van der Waals surface area contributed by atoms with E-state index in [0.29, 0.717) is 6.04 Å². The third-order valence-corrected chi connectivity index (χ3v) is 4.80. The smallest absolute Gasteiger partial charge is 0.103 e. The summed E-state index contributed by atoms with van der Waals surface area (Å²) in [5.74, 6) is 0. The zero-order chi connectivity index (χ0) is 14.5. The van der Waals surface area contributed by atoms with Crippen molar-refractivity contribution in [2.45, 2.75) is 30.7 Å². The van der Waals surface area contributed by atoms with Gasteiger partial charge < -0.3 is 9.80 Å². The molecule has 0 aliphatic carbocycles. The van der Waals surface area contributed by atoms with Crippen molar-refractivity contribution in [1.29, 1.82) is 5.26 Å². The van der Waals surface area contributed by atoms with Crippen LogP contribution in [0.25, 0.3) is 0 Å². The first-order chi connectivity index (χ1) is 9.71. The molecule has 4 heteroatoms. The largest absolute Gasteiger partial charge is 0.366 e. The maximum atomic E-state index is 9.54. The molecule has 1 aliphatic heterocycles. The van der Waals surface area contributed by atoms with Crippen LogP contribution in [-0.2, 0) is 0 Å². The summed E-state index contributed by atoms with van der Waals surface area (Å²) in [6.45, 7) is 5.48. The fourth-order valence-corrected chi connectivity index (χ4v) is 3.52. The second kappa shape index (κ2) is 7.01. The van der Waals surface area contributed by atoms with Gasteiger partial charge in [0, 0.05) is 24.0 Å². The molecule has 0 radical (unpaired) electrons. The Morgan fingerprint density at radius 3 is 2.85 bits per heavy atom. The Morgan fingerprint density at radius 1 is 1.40 bits per heavy atom. The highest BCUT2D eigenvalue weighted by Gasteiger charge is 2.24. The van der Waals surface area contributed by atoms with Crippen LogP contribution in [0.1, 0.15) is 25.3 Å². The number of nitriles is 1. The normalized spacial score (nSPS) is 20.5. The van der Waals surface area contributed by atoms with Gasteiger partial charge in [-0.15, -0.1) is 11.8 Å². The van der Waals surface area contributed by atoms with Crippen molar-refractivity contribution in [3.63, 3.8) is 0 Å². The third-order valence-electron chi connectivity index (χ3n) is 4.02. The highest BCUT2D eigenvalue weighted by atomic mass is 32.2. The number of rotatable bonds is 3. The highest BCUT2D eigenvalue weighted by molar-refractivity contribution is 7.98. The van der Waals surface area contributed by atoms with Gasteiger partial charge in [0.2, 0.25) is 0 Å². The summed E-state index contributed by atoms with van der Waals surface area (Å²) in [4.78, 5) is 5.93. The average molecular weight is 289 g/mol. The lowest BCUT2D eigenvalue weighted by Gasteiger charge is -2.33. The minimum absolute atomic E-state index is 0.492. The Kier molecular flexibility index (Phi) is 5.33. The number of likely N-dealkylation sites (N-methyl/N-ethyl adjacent to an activating group) is 1. The molecule has 0 saturated carbocycles. The van der Waals surface area contributed by atoms with Gasteiger partial charge in [-0.05, 0) is 44.8 Å². The van der Waals surface area contributed by atoms with E-state index in [1.54, 1.807) is 11.8 Å². The second-order valence-electron chi connectivity index (χ2n) is 5.34. The molecule has 1 aromatic carbocycles. The van der Waals surface area contributed by atoms with Crippen LogP contribution in [0.2, 0.25) is 0 Å². The van der Waals surface area contributed by atoms with Crippen LogP contribution in [0.15, 0.2) is 23.1 Å². The van der Waals surface area contributed by atoms with Crippen LogP contribution in [0, 0.1) is 11.3 Å². The molecule has 1 saturated heterocycles. The summed E-state index contributed by atoms with van der Waals surface area (Å²) in [5.41, 5.74) is 1.95. The van der Waals surface area contributed by atoms with E-state index in [1.807, 2.05) is 12.3 Å². The lowest BCUT2D eigenvalue weighted by Crippen LogP contribution is -2.40. The first-order valence-electron chi connectivity index (χ1n) is 7.23. The molecular weight excluding hydrogens is 266 g/mol. The van der Waals surface area contributed by atoms with E-state index in [9.17, 15) is 5.26 Å². The Balaban J connectivity index is 2.40. The molecule has 1 aromatic rings. The van der Waals surface area contributed by atoms with Gasteiger partial charge in [-0.2, -0.15) is 5.26 Å². The van der Waals surface area contributed by atoms with Gasteiger partial charge in [0.1, 0.15) is 6.07 Å². The Morgan fingerprint density at radius 2 is 2.20 bits per heavy atom. The zero-order valence-electron chi connectivity index (χ0n) is 12.6. The Hall–Kier alpha value is -1.18. The van der Waals surface area contributed by atoms with Crippen LogP contribution in [-0.4, -0.2) is 43.9 Å². The van der Waals surface area contributed by atoms with Gasteiger partial charge in [-0.3, -0.25) is 0 Å². The van der Waals surface area contributed by atoms with Crippen molar-refractivity contribution in [1.82, 2.24) is 4.90 Å². The van der Waals surface area contributed by atoms with Gasteiger partial charge in [-0.25, -0.2) is 0 Å². The zero-order valence-corrected chi connectivity index (χ0v) is 13.4. The predicted molar refractivity (Wildman–Crippen MR) is 86.5 cm³/mol. The fraction of sp³-hybridized carbons (Fsp3) is 0.562. The molecule has 0 N–H and O–H groups in total. The van der Waals surface area contributed by atoms with Crippen LogP contribution in [0.4, 0.5) is 5.69 Å².